The number of aliphatic hydroxyl groups excluding tert-OH is 1. The molecule has 126 valence electrons. The maximum Gasteiger partial charge on any atom is 0.416 e. The van der Waals surface area contributed by atoms with Gasteiger partial charge >= 0.3 is 6.18 Å². The van der Waals surface area contributed by atoms with Crippen LogP contribution in [0.25, 0.3) is 0 Å². The zero-order chi connectivity index (χ0) is 16.9. The van der Waals surface area contributed by atoms with E-state index < -0.39 is 17.8 Å². The standard InChI is InChI=1S/C16H19F3N2O2/c1-21-7-6-12(10-21)8-20-9-14(22)11-23-15-4-2-13(3-5-15)16(17,18)19/h2-7,10,14,20,22H,8-9,11H2,1H3. The maximum absolute atomic E-state index is 12.4. The minimum absolute atomic E-state index is 0.00710. The van der Waals surface area contributed by atoms with Gasteiger partial charge in [0.15, 0.2) is 0 Å². The lowest BCUT2D eigenvalue weighted by molar-refractivity contribution is -0.137. The molecule has 0 aliphatic carbocycles. The van der Waals surface area contributed by atoms with E-state index in [9.17, 15) is 18.3 Å². The molecule has 0 spiro atoms. The summed E-state index contributed by atoms with van der Waals surface area (Å²) in [6.45, 7) is 0.959. The van der Waals surface area contributed by atoms with Crippen molar-refractivity contribution < 1.29 is 23.0 Å². The number of benzene rings is 1. The van der Waals surface area contributed by atoms with E-state index in [1.807, 2.05) is 30.1 Å². The predicted molar refractivity (Wildman–Crippen MR) is 80.1 cm³/mol. The highest BCUT2D eigenvalue weighted by atomic mass is 19.4. The molecule has 2 N–H and O–H groups in total. The van der Waals surface area contributed by atoms with Crippen LogP contribution in [0.1, 0.15) is 11.1 Å². The summed E-state index contributed by atoms with van der Waals surface area (Å²) in [7, 11) is 1.93. The average molecular weight is 328 g/mol. The van der Waals surface area contributed by atoms with E-state index in [1.165, 1.54) is 12.1 Å². The highest BCUT2D eigenvalue weighted by Crippen LogP contribution is 2.30. The van der Waals surface area contributed by atoms with E-state index in [0.29, 0.717) is 18.8 Å². The summed E-state index contributed by atoms with van der Waals surface area (Å²) in [5.74, 6) is 0.292. The molecule has 2 rings (SSSR count). The first-order chi connectivity index (χ1) is 10.8. The molecule has 0 radical (unpaired) electrons. The summed E-state index contributed by atoms with van der Waals surface area (Å²) >= 11 is 0. The van der Waals surface area contributed by atoms with Gasteiger partial charge in [-0.05, 0) is 35.9 Å². The van der Waals surface area contributed by atoms with Crippen molar-refractivity contribution in [2.75, 3.05) is 13.2 Å². The van der Waals surface area contributed by atoms with Crippen LogP contribution in [0.4, 0.5) is 13.2 Å². The zero-order valence-corrected chi connectivity index (χ0v) is 12.7. The molecule has 0 amide bonds. The molecular formula is C16H19F3N2O2. The smallest absolute Gasteiger partial charge is 0.416 e. The number of nitrogens with one attached hydrogen (secondary N) is 1. The lowest BCUT2D eigenvalue weighted by Gasteiger charge is -2.13. The molecule has 0 aliphatic heterocycles. The third kappa shape index (κ3) is 5.61. The van der Waals surface area contributed by atoms with Gasteiger partial charge < -0.3 is 19.7 Å². The number of nitrogens with zero attached hydrogens (tertiary/aromatic N) is 1. The lowest BCUT2D eigenvalue weighted by atomic mass is 10.2. The second-order valence-electron chi connectivity index (χ2n) is 5.30. The average Bonchev–Trinajstić information content (AvgIpc) is 2.90. The molecule has 0 bridgehead atoms. The Bertz CT molecular complexity index is 609. The summed E-state index contributed by atoms with van der Waals surface area (Å²) in [4.78, 5) is 0. The second-order valence-corrected chi connectivity index (χ2v) is 5.30. The van der Waals surface area contributed by atoms with E-state index in [1.54, 1.807) is 0 Å². The Kier molecular flexibility index (Phi) is 5.68. The molecule has 1 aromatic heterocycles. The van der Waals surface area contributed by atoms with Crippen LogP contribution in [0, 0.1) is 0 Å². The Morgan fingerprint density at radius 2 is 1.91 bits per heavy atom. The fourth-order valence-electron chi connectivity index (χ4n) is 2.04. The molecule has 23 heavy (non-hydrogen) atoms. The first kappa shape index (κ1) is 17.4. The van der Waals surface area contributed by atoms with Crippen LogP contribution in [0.2, 0.25) is 0 Å². The topological polar surface area (TPSA) is 46.4 Å². The van der Waals surface area contributed by atoms with Gasteiger partial charge in [0.25, 0.3) is 0 Å². The predicted octanol–water partition coefficient (Wildman–Crippen LogP) is 2.57. The Balaban J connectivity index is 1.70. The van der Waals surface area contributed by atoms with Crippen LogP contribution in [0.15, 0.2) is 42.7 Å². The van der Waals surface area contributed by atoms with Gasteiger partial charge in [-0.3, -0.25) is 0 Å². The number of aryl methyl sites for hydroxylation is 1. The maximum atomic E-state index is 12.4. The minimum atomic E-state index is -4.36. The van der Waals surface area contributed by atoms with Crippen LogP contribution in [-0.2, 0) is 19.8 Å². The van der Waals surface area contributed by atoms with Crippen LogP contribution in [0.3, 0.4) is 0 Å². The number of aromatic nitrogens is 1. The molecule has 0 saturated heterocycles. The number of aliphatic hydroxyl groups is 1. The fraction of sp³-hybridized carbons (Fsp3) is 0.375. The summed E-state index contributed by atoms with van der Waals surface area (Å²) < 4.78 is 44.5. The second kappa shape index (κ2) is 7.52. The zero-order valence-electron chi connectivity index (χ0n) is 12.7. The van der Waals surface area contributed by atoms with Crippen molar-refractivity contribution in [2.24, 2.45) is 7.05 Å². The molecule has 7 heteroatoms. The van der Waals surface area contributed by atoms with Crippen molar-refractivity contribution in [3.05, 3.63) is 53.9 Å². The first-order valence-corrected chi connectivity index (χ1v) is 7.14. The lowest BCUT2D eigenvalue weighted by Crippen LogP contribution is -2.31. The van der Waals surface area contributed by atoms with Gasteiger partial charge in [0.1, 0.15) is 18.5 Å². The van der Waals surface area contributed by atoms with Gasteiger partial charge in [-0.2, -0.15) is 13.2 Å². The van der Waals surface area contributed by atoms with E-state index in [0.717, 1.165) is 17.7 Å². The molecule has 1 aromatic carbocycles. The highest BCUT2D eigenvalue weighted by Gasteiger charge is 2.30. The van der Waals surface area contributed by atoms with Crippen molar-refractivity contribution in [1.29, 1.82) is 0 Å². The van der Waals surface area contributed by atoms with Crippen molar-refractivity contribution in [2.45, 2.75) is 18.8 Å². The summed E-state index contributed by atoms with van der Waals surface area (Å²) in [6, 6.07) is 6.36. The van der Waals surface area contributed by atoms with Crippen LogP contribution >= 0.6 is 0 Å². The Hall–Kier alpha value is -1.99. The van der Waals surface area contributed by atoms with Crippen molar-refractivity contribution in [3.8, 4) is 5.75 Å². The van der Waals surface area contributed by atoms with Crippen molar-refractivity contribution in [3.63, 3.8) is 0 Å². The fourth-order valence-corrected chi connectivity index (χ4v) is 2.04. The van der Waals surface area contributed by atoms with E-state index in [2.05, 4.69) is 5.32 Å². The normalized spacial score (nSPS) is 13.1. The molecule has 0 fully saturated rings. The third-order valence-electron chi connectivity index (χ3n) is 3.23. The van der Waals surface area contributed by atoms with E-state index >= 15 is 0 Å². The SMILES string of the molecule is Cn1ccc(CNCC(O)COc2ccc(C(F)(F)F)cc2)c1. The molecule has 0 saturated carbocycles. The number of hydrogen-bond acceptors (Lipinski definition) is 3. The molecule has 0 aliphatic rings. The number of ether oxygens (including phenoxy) is 1. The minimum Gasteiger partial charge on any atom is -0.491 e. The van der Waals surface area contributed by atoms with E-state index in [4.69, 9.17) is 4.74 Å². The van der Waals surface area contributed by atoms with Gasteiger partial charge in [0.05, 0.1) is 5.56 Å². The monoisotopic (exact) mass is 328 g/mol. The Labute approximate surface area is 132 Å². The molecular weight excluding hydrogens is 309 g/mol. The van der Waals surface area contributed by atoms with Crippen LogP contribution in [-0.4, -0.2) is 28.9 Å². The number of halogens is 3. The van der Waals surface area contributed by atoms with Gasteiger partial charge in [0, 0.05) is 32.5 Å². The summed E-state index contributed by atoms with van der Waals surface area (Å²) in [5.41, 5.74) is 0.373. The van der Waals surface area contributed by atoms with Gasteiger partial charge in [-0.25, -0.2) is 0 Å². The van der Waals surface area contributed by atoms with E-state index in [-0.39, 0.29) is 6.61 Å². The quantitative estimate of drug-likeness (QED) is 0.821. The van der Waals surface area contributed by atoms with Crippen LogP contribution in [0.5, 0.6) is 5.75 Å². The summed E-state index contributed by atoms with van der Waals surface area (Å²) in [6.07, 6.45) is -1.21. The van der Waals surface area contributed by atoms with Crippen LogP contribution < -0.4 is 10.1 Å². The summed E-state index contributed by atoms with van der Waals surface area (Å²) in [5, 5.41) is 12.9. The highest BCUT2D eigenvalue weighted by molar-refractivity contribution is 5.28. The number of alkyl halides is 3. The first-order valence-electron chi connectivity index (χ1n) is 7.14. The number of rotatable bonds is 7. The molecule has 4 nitrogen and oxygen atoms in total. The Morgan fingerprint density at radius 3 is 2.48 bits per heavy atom. The molecule has 1 unspecified atom stereocenters. The molecule has 2 aromatic rings. The molecule has 1 atom stereocenters. The van der Waals surface area contributed by atoms with Gasteiger partial charge in [0.2, 0.25) is 0 Å². The van der Waals surface area contributed by atoms with Gasteiger partial charge in [-0.1, -0.05) is 0 Å². The molecule has 1 heterocycles. The van der Waals surface area contributed by atoms with Crippen molar-refractivity contribution >= 4 is 0 Å². The van der Waals surface area contributed by atoms with Gasteiger partial charge in [-0.15, -0.1) is 0 Å². The van der Waals surface area contributed by atoms with Crippen molar-refractivity contribution in [1.82, 2.24) is 9.88 Å². The largest absolute Gasteiger partial charge is 0.491 e. The Morgan fingerprint density at radius 1 is 1.22 bits per heavy atom. The number of hydrogen-bond donors (Lipinski definition) is 2. The third-order valence-corrected chi connectivity index (χ3v) is 3.23.